The lowest BCUT2D eigenvalue weighted by Gasteiger charge is -2.13. The summed E-state index contributed by atoms with van der Waals surface area (Å²) in [7, 11) is 0. The van der Waals surface area contributed by atoms with E-state index in [1.165, 1.54) is 0 Å². The topological polar surface area (TPSA) is 40.7 Å². The molecule has 0 aliphatic carbocycles. The Morgan fingerprint density at radius 1 is 1.21 bits per heavy atom. The molecule has 0 fully saturated rings. The van der Waals surface area contributed by atoms with E-state index in [0.717, 1.165) is 12.1 Å². The first-order chi connectivity index (χ1) is 8.97. The SMILES string of the molecule is Fc1ccc(CNCc2ncc[nH]2)c(C(F)(F)F)c1. The van der Waals surface area contributed by atoms with Crippen LogP contribution in [-0.4, -0.2) is 9.97 Å². The fourth-order valence-corrected chi connectivity index (χ4v) is 1.68. The number of halogens is 4. The summed E-state index contributed by atoms with van der Waals surface area (Å²) in [6.07, 6.45) is -1.39. The predicted molar refractivity (Wildman–Crippen MR) is 60.5 cm³/mol. The van der Waals surface area contributed by atoms with Crippen molar-refractivity contribution in [3.8, 4) is 0 Å². The summed E-state index contributed by atoms with van der Waals surface area (Å²) in [5.74, 6) is -0.280. The molecule has 3 nitrogen and oxygen atoms in total. The van der Waals surface area contributed by atoms with Crippen molar-refractivity contribution in [1.29, 1.82) is 0 Å². The monoisotopic (exact) mass is 273 g/mol. The van der Waals surface area contributed by atoms with Crippen molar-refractivity contribution >= 4 is 0 Å². The van der Waals surface area contributed by atoms with Crippen molar-refractivity contribution in [1.82, 2.24) is 15.3 Å². The van der Waals surface area contributed by atoms with Crippen molar-refractivity contribution in [3.63, 3.8) is 0 Å². The largest absolute Gasteiger partial charge is 0.416 e. The predicted octanol–water partition coefficient (Wildman–Crippen LogP) is 2.86. The molecule has 0 aliphatic heterocycles. The standard InChI is InChI=1S/C12H11F4N3/c13-9-2-1-8(10(5-9)12(14,15)16)6-17-7-11-18-3-4-19-11/h1-5,17H,6-7H2,(H,18,19). The summed E-state index contributed by atoms with van der Waals surface area (Å²) in [5, 5.41) is 2.82. The first kappa shape index (κ1) is 13.5. The Morgan fingerprint density at radius 2 is 2.00 bits per heavy atom. The number of hydrogen-bond acceptors (Lipinski definition) is 2. The van der Waals surface area contributed by atoms with Crippen LogP contribution in [0.4, 0.5) is 17.6 Å². The third kappa shape index (κ3) is 3.54. The van der Waals surface area contributed by atoms with Gasteiger partial charge in [0.2, 0.25) is 0 Å². The average molecular weight is 273 g/mol. The highest BCUT2D eigenvalue weighted by Gasteiger charge is 2.33. The molecule has 102 valence electrons. The molecular formula is C12H11F4N3. The number of benzene rings is 1. The Kier molecular flexibility index (Phi) is 3.84. The van der Waals surface area contributed by atoms with E-state index in [0.29, 0.717) is 18.4 Å². The van der Waals surface area contributed by atoms with Crippen LogP contribution in [0, 0.1) is 5.82 Å². The Bertz CT molecular complexity index is 534. The smallest absolute Gasteiger partial charge is 0.348 e. The molecule has 2 aromatic rings. The number of hydrogen-bond donors (Lipinski definition) is 2. The van der Waals surface area contributed by atoms with Crippen molar-refractivity contribution < 1.29 is 17.6 Å². The van der Waals surface area contributed by atoms with Crippen LogP contribution >= 0.6 is 0 Å². The third-order valence-corrected chi connectivity index (χ3v) is 2.54. The molecule has 2 rings (SSSR count). The van der Waals surface area contributed by atoms with Crippen molar-refractivity contribution in [3.05, 3.63) is 53.4 Å². The zero-order valence-corrected chi connectivity index (χ0v) is 9.76. The van der Waals surface area contributed by atoms with Gasteiger partial charge in [0.25, 0.3) is 0 Å². The number of imidazole rings is 1. The van der Waals surface area contributed by atoms with Gasteiger partial charge in [0.05, 0.1) is 12.1 Å². The van der Waals surface area contributed by atoms with Crippen LogP contribution in [0.25, 0.3) is 0 Å². The van der Waals surface area contributed by atoms with Gasteiger partial charge in [-0.1, -0.05) is 6.07 Å². The molecule has 0 saturated heterocycles. The van der Waals surface area contributed by atoms with Crippen molar-refractivity contribution in [2.75, 3.05) is 0 Å². The number of alkyl halides is 3. The van der Waals surface area contributed by atoms with Crippen LogP contribution in [0.2, 0.25) is 0 Å². The molecule has 0 saturated carbocycles. The lowest BCUT2D eigenvalue weighted by Crippen LogP contribution is -2.18. The summed E-state index contributed by atoms with van der Waals surface area (Å²) in [4.78, 5) is 6.75. The zero-order valence-electron chi connectivity index (χ0n) is 9.76. The lowest BCUT2D eigenvalue weighted by molar-refractivity contribution is -0.138. The van der Waals surface area contributed by atoms with Crippen LogP contribution in [0.15, 0.2) is 30.6 Å². The minimum atomic E-state index is -4.57. The minimum Gasteiger partial charge on any atom is -0.348 e. The molecule has 19 heavy (non-hydrogen) atoms. The number of aromatic nitrogens is 2. The van der Waals surface area contributed by atoms with Gasteiger partial charge >= 0.3 is 6.18 Å². The first-order valence-corrected chi connectivity index (χ1v) is 5.51. The zero-order chi connectivity index (χ0) is 13.9. The average Bonchev–Trinajstić information content (AvgIpc) is 2.83. The Labute approximate surface area is 106 Å². The van der Waals surface area contributed by atoms with E-state index in [1.54, 1.807) is 12.4 Å². The number of H-pyrrole nitrogens is 1. The van der Waals surface area contributed by atoms with Gasteiger partial charge in [-0.25, -0.2) is 9.37 Å². The molecule has 0 radical (unpaired) electrons. The molecule has 0 atom stereocenters. The van der Waals surface area contributed by atoms with E-state index in [9.17, 15) is 17.6 Å². The molecule has 1 aromatic heterocycles. The van der Waals surface area contributed by atoms with Crippen molar-refractivity contribution in [2.24, 2.45) is 0 Å². The van der Waals surface area contributed by atoms with Crippen LogP contribution in [0.5, 0.6) is 0 Å². The maximum absolute atomic E-state index is 12.9. The summed E-state index contributed by atoms with van der Waals surface area (Å²) in [6, 6.07) is 2.65. The normalized spacial score (nSPS) is 11.8. The highest BCUT2D eigenvalue weighted by molar-refractivity contribution is 5.30. The molecule has 0 unspecified atom stereocenters. The van der Waals surface area contributed by atoms with E-state index in [4.69, 9.17) is 0 Å². The summed E-state index contributed by atoms with van der Waals surface area (Å²) in [5.41, 5.74) is -0.958. The van der Waals surface area contributed by atoms with Crippen LogP contribution in [0.3, 0.4) is 0 Å². The van der Waals surface area contributed by atoms with E-state index >= 15 is 0 Å². The summed E-state index contributed by atoms with van der Waals surface area (Å²) < 4.78 is 51.0. The summed E-state index contributed by atoms with van der Waals surface area (Å²) >= 11 is 0. The maximum atomic E-state index is 12.9. The second kappa shape index (κ2) is 5.40. The molecule has 2 N–H and O–H groups in total. The van der Waals surface area contributed by atoms with E-state index in [1.807, 2.05) is 0 Å². The number of nitrogens with one attached hydrogen (secondary N) is 2. The summed E-state index contributed by atoms with van der Waals surface area (Å²) in [6.45, 7) is 0.289. The minimum absolute atomic E-state index is 0.000422. The van der Waals surface area contributed by atoms with Gasteiger partial charge in [-0.15, -0.1) is 0 Å². The lowest BCUT2D eigenvalue weighted by atomic mass is 10.1. The third-order valence-electron chi connectivity index (χ3n) is 2.54. The van der Waals surface area contributed by atoms with Gasteiger partial charge in [-0.05, 0) is 17.7 Å². The Morgan fingerprint density at radius 3 is 2.63 bits per heavy atom. The van der Waals surface area contributed by atoms with Gasteiger partial charge < -0.3 is 10.3 Å². The first-order valence-electron chi connectivity index (χ1n) is 5.51. The highest BCUT2D eigenvalue weighted by Crippen LogP contribution is 2.32. The quantitative estimate of drug-likeness (QED) is 0.841. The maximum Gasteiger partial charge on any atom is 0.416 e. The Hall–Kier alpha value is -1.89. The molecule has 0 bridgehead atoms. The highest BCUT2D eigenvalue weighted by atomic mass is 19.4. The van der Waals surface area contributed by atoms with E-state index in [-0.39, 0.29) is 12.1 Å². The molecule has 0 amide bonds. The molecule has 0 aliphatic rings. The van der Waals surface area contributed by atoms with Gasteiger partial charge in [-0.2, -0.15) is 13.2 Å². The second-order valence-electron chi connectivity index (χ2n) is 3.94. The molecular weight excluding hydrogens is 262 g/mol. The number of rotatable bonds is 4. The second-order valence-corrected chi connectivity index (χ2v) is 3.94. The van der Waals surface area contributed by atoms with Crippen LogP contribution in [0.1, 0.15) is 17.0 Å². The van der Waals surface area contributed by atoms with Gasteiger partial charge in [0, 0.05) is 18.9 Å². The van der Waals surface area contributed by atoms with Gasteiger partial charge in [0.15, 0.2) is 0 Å². The molecule has 7 heteroatoms. The Balaban J connectivity index is 2.07. The molecule has 1 aromatic carbocycles. The molecule has 0 spiro atoms. The molecule has 1 heterocycles. The fraction of sp³-hybridized carbons (Fsp3) is 0.250. The number of aromatic amines is 1. The van der Waals surface area contributed by atoms with E-state index < -0.39 is 17.6 Å². The van der Waals surface area contributed by atoms with E-state index in [2.05, 4.69) is 15.3 Å². The number of nitrogens with zero attached hydrogens (tertiary/aromatic N) is 1. The van der Waals surface area contributed by atoms with Gasteiger partial charge in [-0.3, -0.25) is 0 Å². The fourth-order valence-electron chi connectivity index (χ4n) is 1.68. The van der Waals surface area contributed by atoms with Crippen LogP contribution < -0.4 is 5.32 Å². The van der Waals surface area contributed by atoms with Crippen molar-refractivity contribution in [2.45, 2.75) is 19.3 Å². The van der Waals surface area contributed by atoms with Gasteiger partial charge in [0.1, 0.15) is 11.6 Å². The van der Waals surface area contributed by atoms with Crippen LogP contribution in [-0.2, 0) is 19.3 Å².